The van der Waals surface area contributed by atoms with Crippen LogP contribution in [0.25, 0.3) is 0 Å². The lowest BCUT2D eigenvalue weighted by molar-refractivity contribution is 0.102. The maximum absolute atomic E-state index is 12.5. The number of benzene rings is 2. The number of nitrogens with zero attached hydrogens (tertiary/aromatic N) is 2. The highest BCUT2D eigenvalue weighted by atomic mass is 32.2. The molecule has 0 saturated carbocycles. The number of nitrogens with one attached hydrogen (secondary N) is 3. The van der Waals surface area contributed by atoms with Crippen LogP contribution in [-0.4, -0.2) is 29.5 Å². The summed E-state index contributed by atoms with van der Waals surface area (Å²) in [5.74, 6) is -0.319. The third-order valence-corrected chi connectivity index (χ3v) is 4.74. The Kier molecular flexibility index (Phi) is 4.48. The van der Waals surface area contributed by atoms with Crippen LogP contribution < -0.4 is 10.0 Å². The van der Waals surface area contributed by atoms with Crippen molar-refractivity contribution in [2.24, 2.45) is 0 Å². The van der Waals surface area contributed by atoms with E-state index < -0.39 is 15.9 Å². The zero-order valence-corrected chi connectivity index (χ0v) is 14.0. The van der Waals surface area contributed by atoms with Gasteiger partial charge in [-0.3, -0.25) is 14.8 Å². The van der Waals surface area contributed by atoms with Gasteiger partial charge < -0.3 is 0 Å². The quantitative estimate of drug-likeness (QED) is 0.647. The molecule has 3 N–H and O–H groups in total. The van der Waals surface area contributed by atoms with Crippen LogP contribution in [-0.2, 0) is 10.0 Å². The Hall–Kier alpha value is -3.20. The van der Waals surface area contributed by atoms with Crippen LogP contribution >= 0.6 is 0 Å². The highest BCUT2D eigenvalue weighted by molar-refractivity contribution is 7.92. The van der Waals surface area contributed by atoms with Crippen LogP contribution in [0.3, 0.4) is 0 Å². The normalized spacial score (nSPS) is 11.1. The van der Waals surface area contributed by atoms with E-state index in [-0.39, 0.29) is 16.4 Å². The minimum absolute atomic E-state index is 0.0155. The molecule has 1 heterocycles. The lowest BCUT2D eigenvalue weighted by Crippen LogP contribution is -2.16. The van der Waals surface area contributed by atoms with Gasteiger partial charge in [0.05, 0.1) is 4.90 Å². The second-order valence-corrected chi connectivity index (χ2v) is 6.97. The van der Waals surface area contributed by atoms with E-state index in [1.165, 1.54) is 30.6 Å². The van der Waals surface area contributed by atoms with Crippen molar-refractivity contribution in [1.82, 2.24) is 15.2 Å². The average Bonchev–Trinajstić information content (AvgIpc) is 3.10. The summed E-state index contributed by atoms with van der Waals surface area (Å²) in [5.41, 5.74) is 1.65. The number of hydrogen-bond donors (Lipinski definition) is 3. The molecule has 0 radical (unpaired) electrons. The molecule has 0 atom stereocenters. The average molecular weight is 357 g/mol. The molecule has 3 rings (SSSR count). The summed E-state index contributed by atoms with van der Waals surface area (Å²) in [5, 5.41) is 8.61. The van der Waals surface area contributed by atoms with Gasteiger partial charge in [-0.15, -0.1) is 0 Å². The number of carbonyl (C=O) groups is 1. The van der Waals surface area contributed by atoms with Crippen LogP contribution in [0.2, 0.25) is 0 Å². The number of aryl methyl sites for hydroxylation is 1. The molecule has 0 bridgehead atoms. The maximum atomic E-state index is 12.5. The van der Waals surface area contributed by atoms with E-state index in [9.17, 15) is 13.2 Å². The van der Waals surface area contributed by atoms with E-state index in [1.807, 2.05) is 6.92 Å². The molecule has 9 heteroatoms. The molecule has 0 aliphatic carbocycles. The number of carbonyl (C=O) groups excluding carboxylic acids is 1. The van der Waals surface area contributed by atoms with Gasteiger partial charge in [0.25, 0.3) is 15.9 Å². The molecular formula is C16H15N5O3S. The van der Waals surface area contributed by atoms with Crippen molar-refractivity contribution in [2.45, 2.75) is 11.8 Å². The highest BCUT2D eigenvalue weighted by Gasteiger charge is 2.17. The number of amides is 1. The van der Waals surface area contributed by atoms with Gasteiger partial charge in [0.15, 0.2) is 0 Å². The van der Waals surface area contributed by atoms with Crippen LogP contribution in [0, 0.1) is 6.92 Å². The Morgan fingerprint density at radius 3 is 2.56 bits per heavy atom. The minimum Gasteiger partial charge on any atom is -0.291 e. The van der Waals surface area contributed by atoms with Gasteiger partial charge in [-0.1, -0.05) is 23.8 Å². The number of rotatable bonds is 5. The topological polar surface area (TPSA) is 117 Å². The summed E-state index contributed by atoms with van der Waals surface area (Å²) >= 11 is 0. The molecule has 0 fully saturated rings. The molecule has 2 aromatic carbocycles. The lowest BCUT2D eigenvalue weighted by Gasteiger charge is -2.09. The van der Waals surface area contributed by atoms with E-state index in [4.69, 9.17) is 0 Å². The third-order valence-electron chi connectivity index (χ3n) is 3.36. The molecule has 0 aliphatic rings. The van der Waals surface area contributed by atoms with Crippen molar-refractivity contribution < 1.29 is 13.2 Å². The fraction of sp³-hybridized carbons (Fsp3) is 0.0625. The Balaban J connectivity index is 1.82. The lowest BCUT2D eigenvalue weighted by atomic mass is 10.2. The molecule has 8 nitrogen and oxygen atoms in total. The molecule has 0 spiro atoms. The van der Waals surface area contributed by atoms with Crippen molar-refractivity contribution in [3.05, 3.63) is 66.0 Å². The first-order valence-electron chi connectivity index (χ1n) is 7.30. The molecule has 0 aliphatic heterocycles. The van der Waals surface area contributed by atoms with Crippen molar-refractivity contribution in [3.63, 3.8) is 0 Å². The molecule has 1 aromatic heterocycles. The second kappa shape index (κ2) is 6.73. The smallest absolute Gasteiger partial charge is 0.261 e. The Bertz CT molecular complexity index is 983. The predicted octanol–water partition coefficient (Wildman–Crippen LogP) is 2.17. The first-order valence-corrected chi connectivity index (χ1v) is 8.79. The fourth-order valence-corrected chi connectivity index (χ4v) is 3.19. The van der Waals surface area contributed by atoms with Crippen LogP contribution in [0.5, 0.6) is 0 Å². The minimum atomic E-state index is -3.81. The van der Waals surface area contributed by atoms with E-state index in [0.717, 1.165) is 5.56 Å². The number of hydrogen-bond acceptors (Lipinski definition) is 5. The van der Waals surface area contributed by atoms with Gasteiger partial charge in [0.2, 0.25) is 5.95 Å². The third kappa shape index (κ3) is 4.01. The van der Waals surface area contributed by atoms with Gasteiger partial charge >= 0.3 is 0 Å². The molecule has 128 valence electrons. The summed E-state index contributed by atoms with van der Waals surface area (Å²) in [6.45, 7) is 1.91. The standard InChI is InChI=1S/C16H15N5O3S/c1-11-5-7-13(8-6-11)21-25(23,24)14-4-2-3-12(9-14)15(22)19-16-17-10-18-20-16/h2-10,21H,1H3,(H2,17,18,19,20,22). The van der Waals surface area contributed by atoms with Crippen LogP contribution in [0.1, 0.15) is 15.9 Å². The second-order valence-electron chi connectivity index (χ2n) is 5.29. The van der Waals surface area contributed by atoms with Gasteiger partial charge in [0, 0.05) is 11.3 Å². The summed E-state index contributed by atoms with van der Waals surface area (Å²) in [4.78, 5) is 15.9. The first kappa shape index (κ1) is 16.7. The maximum Gasteiger partial charge on any atom is 0.261 e. The van der Waals surface area contributed by atoms with Crippen molar-refractivity contribution >= 4 is 27.6 Å². The van der Waals surface area contributed by atoms with Crippen molar-refractivity contribution in [2.75, 3.05) is 10.0 Å². The van der Waals surface area contributed by atoms with Gasteiger partial charge in [-0.2, -0.15) is 10.1 Å². The summed E-state index contributed by atoms with van der Waals surface area (Å²) in [6.07, 6.45) is 1.25. The first-order chi connectivity index (χ1) is 11.9. The Morgan fingerprint density at radius 1 is 1.12 bits per heavy atom. The Labute approximate surface area is 144 Å². The molecule has 1 amide bonds. The summed E-state index contributed by atoms with van der Waals surface area (Å²) in [6, 6.07) is 12.7. The molecular weight excluding hydrogens is 342 g/mol. The molecule has 25 heavy (non-hydrogen) atoms. The SMILES string of the molecule is Cc1ccc(NS(=O)(=O)c2cccc(C(=O)Nc3ncn[nH]3)c2)cc1. The largest absolute Gasteiger partial charge is 0.291 e. The Morgan fingerprint density at radius 2 is 1.88 bits per heavy atom. The van der Waals surface area contributed by atoms with Gasteiger partial charge in [0.1, 0.15) is 6.33 Å². The number of H-pyrrole nitrogens is 1. The fourth-order valence-electron chi connectivity index (χ4n) is 2.09. The van der Waals surface area contributed by atoms with Crippen LogP contribution in [0.15, 0.2) is 59.8 Å². The van der Waals surface area contributed by atoms with Crippen molar-refractivity contribution in [3.8, 4) is 0 Å². The van der Waals surface area contributed by atoms with E-state index in [2.05, 4.69) is 25.2 Å². The molecule has 3 aromatic rings. The number of sulfonamides is 1. The zero-order valence-electron chi connectivity index (χ0n) is 13.2. The number of aromatic nitrogens is 3. The van der Waals surface area contributed by atoms with Gasteiger partial charge in [-0.05, 0) is 37.3 Å². The number of anilines is 2. The van der Waals surface area contributed by atoms with E-state index in [1.54, 1.807) is 24.3 Å². The van der Waals surface area contributed by atoms with E-state index >= 15 is 0 Å². The van der Waals surface area contributed by atoms with E-state index in [0.29, 0.717) is 5.69 Å². The summed E-state index contributed by atoms with van der Waals surface area (Å²) < 4.78 is 27.5. The number of aromatic amines is 1. The highest BCUT2D eigenvalue weighted by Crippen LogP contribution is 2.18. The van der Waals surface area contributed by atoms with Crippen molar-refractivity contribution in [1.29, 1.82) is 0 Å². The molecule has 0 unspecified atom stereocenters. The zero-order chi connectivity index (χ0) is 17.9. The van der Waals surface area contributed by atoms with Gasteiger partial charge in [-0.25, -0.2) is 13.5 Å². The summed E-state index contributed by atoms with van der Waals surface area (Å²) in [7, 11) is -3.81. The van der Waals surface area contributed by atoms with Crippen LogP contribution in [0.4, 0.5) is 11.6 Å². The predicted molar refractivity (Wildman–Crippen MR) is 92.8 cm³/mol. The molecule has 0 saturated heterocycles. The monoisotopic (exact) mass is 357 g/mol.